The summed E-state index contributed by atoms with van der Waals surface area (Å²) in [5.74, 6) is -0.199. The quantitative estimate of drug-likeness (QED) is 0.728. The molecule has 0 fully saturated rings. The van der Waals surface area contributed by atoms with Crippen LogP contribution in [0.3, 0.4) is 0 Å². The van der Waals surface area contributed by atoms with Gasteiger partial charge in [0.1, 0.15) is 5.69 Å². The van der Waals surface area contributed by atoms with E-state index in [1.165, 1.54) is 0 Å². The van der Waals surface area contributed by atoms with Gasteiger partial charge >= 0.3 is 0 Å². The van der Waals surface area contributed by atoms with Gasteiger partial charge in [0.05, 0.1) is 11.9 Å². The second-order valence-corrected chi connectivity index (χ2v) is 4.75. The van der Waals surface area contributed by atoms with Gasteiger partial charge in [0.15, 0.2) is 0 Å². The fourth-order valence-corrected chi connectivity index (χ4v) is 1.86. The number of nitrogens with zero attached hydrogens (tertiary/aromatic N) is 2. The van der Waals surface area contributed by atoms with Crippen LogP contribution in [0.25, 0.3) is 0 Å². The lowest BCUT2D eigenvalue weighted by atomic mass is 10.2. The second-order valence-electron chi connectivity index (χ2n) is 4.75. The van der Waals surface area contributed by atoms with Crippen molar-refractivity contribution < 1.29 is 9.53 Å². The van der Waals surface area contributed by atoms with Gasteiger partial charge in [-0.3, -0.25) is 9.78 Å². The van der Waals surface area contributed by atoms with Crippen molar-refractivity contribution in [1.29, 1.82) is 0 Å². The zero-order valence-electron chi connectivity index (χ0n) is 12.6. The van der Waals surface area contributed by atoms with E-state index in [1.54, 1.807) is 31.8 Å². The summed E-state index contributed by atoms with van der Waals surface area (Å²) in [5.41, 5.74) is 2.23. The zero-order valence-corrected chi connectivity index (χ0v) is 12.6. The van der Waals surface area contributed by atoms with E-state index in [4.69, 9.17) is 4.74 Å². The third kappa shape index (κ3) is 5.14. The van der Waals surface area contributed by atoms with E-state index in [0.717, 1.165) is 30.8 Å². The predicted molar refractivity (Wildman–Crippen MR) is 84.6 cm³/mol. The van der Waals surface area contributed by atoms with Crippen molar-refractivity contribution in [3.8, 4) is 0 Å². The maximum Gasteiger partial charge on any atom is 0.270 e. The predicted octanol–water partition coefficient (Wildman–Crippen LogP) is 1.85. The van der Waals surface area contributed by atoms with E-state index < -0.39 is 0 Å². The van der Waals surface area contributed by atoms with E-state index in [9.17, 15) is 4.79 Å². The summed E-state index contributed by atoms with van der Waals surface area (Å²) in [6.45, 7) is 1.96. The number of rotatable bonds is 8. The highest BCUT2D eigenvalue weighted by Gasteiger charge is 2.06. The molecule has 2 aromatic rings. The third-order valence-electron chi connectivity index (χ3n) is 3.03. The van der Waals surface area contributed by atoms with Crippen molar-refractivity contribution >= 4 is 11.6 Å². The summed E-state index contributed by atoms with van der Waals surface area (Å²) < 4.78 is 4.98. The Bertz CT molecular complexity index is 572. The van der Waals surface area contributed by atoms with Crippen molar-refractivity contribution in [3.05, 3.63) is 54.1 Å². The van der Waals surface area contributed by atoms with Gasteiger partial charge in [-0.15, -0.1) is 0 Å². The molecule has 22 heavy (non-hydrogen) atoms. The van der Waals surface area contributed by atoms with E-state index in [0.29, 0.717) is 12.2 Å². The van der Waals surface area contributed by atoms with E-state index in [2.05, 4.69) is 20.6 Å². The van der Waals surface area contributed by atoms with Crippen molar-refractivity contribution in [3.63, 3.8) is 0 Å². The molecule has 0 unspecified atom stereocenters. The van der Waals surface area contributed by atoms with Crippen molar-refractivity contribution in [2.75, 3.05) is 25.6 Å². The summed E-state index contributed by atoms with van der Waals surface area (Å²) >= 11 is 0. The van der Waals surface area contributed by atoms with Crippen LogP contribution in [0.2, 0.25) is 0 Å². The van der Waals surface area contributed by atoms with Crippen LogP contribution in [0.4, 0.5) is 5.69 Å². The largest absolute Gasteiger partial charge is 0.385 e. The smallest absolute Gasteiger partial charge is 0.270 e. The van der Waals surface area contributed by atoms with Gasteiger partial charge in [-0.1, -0.05) is 6.07 Å². The fraction of sp³-hybridized carbons (Fsp3) is 0.312. The molecule has 0 bridgehead atoms. The van der Waals surface area contributed by atoms with Gasteiger partial charge in [0, 0.05) is 39.2 Å². The lowest BCUT2D eigenvalue weighted by Crippen LogP contribution is -2.23. The van der Waals surface area contributed by atoms with Crippen LogP contribution in [-0.2, 0) is 11.3 Å². The van der Waals surface area contributed by atoms with Crippen LogP contribution < -0.4 is 10.6 Å². The molecule has 2 N–H and O–H groups in total. The Labute approximate surface area is 129 Å². The average molecular weight is 300 g/mol. The highest BCUT2D eigenvalue weighted by atomic mass is 16.5. The van der Waals surface area contributed by atoms with Crippen LogP contribution in [0.1, 0.15) is 22.5 Å². The van der Waals surface area contributed by atoms with Crippen LogP contribution in [-0.4, -0.2) is 36.1 Å². The first-order valence-corrected chi connectivity index (χ1v) is 7.15. The average Bonchev–Trinajstić information content (AvgIpc) is 2.58. The lowest BCUT2D eigenvalue weighted by molar-refractivity contribution is 0.0946. The number of pyridine rings is 2. The van der Waals surface area contributed by atoms with Gasteiger partial charge in [-0.2, -0.15) is 0 Å². The second kappa shape index (κ2) is 8.74. The minimum absolute atomic E-state index is 0.199. The van der Waals surface area contributed by atoms with Gasteiger partial charge in [0.2, 0.25) is 0 Å². The van der Waals surface area contributed by atoms with E-state index in [1.807, 2.05) is 18.2 Å². The highest BCUT2D eigenvalue weighted by Crippen LogP contribution is 2.06. The number of nitrogens with one attached hydrogen (secondary N) is 2. The molecule has 0 saturated carbocycles. The van der Waals surface area contributed by atoms with Gasteiger partial charge in [0.25, 0.3) is 5.91 Å². The number of hydrogen-bond donors (Lipinski definition) is 2. The number of amides is 1. The van der Waals surface area contributed by atoms with Crippen LogP contribution in [0.5, 0.6) is 0 Å². The molecule has 116 valence electrons. The Kier molecular flexibility index (Phi) is 6.32. The molecule has 0 radical (unpaired) electrons. The molecule has 0 saturated heterocycles. The Morgan fingerprint density at radius 3 is 2.86 bits per heavy atom. The fourth-order valence-electron chi connectivity index (χ4n) is 1.86. The standard InChI is InChI=1S/C16H20N4O2/c1-22-9-3-8-18-14-5-6-15(19-12-14)16(21)20-11-13-4-2-7-17-10-13/h2,4-7,10,12,18H,3,8-9,11H2,1H3,(H,20,21). The van der Waals surface area contributed by atoms with Gasteiger partial charge < -0.3 is 15.4 Å². The summed E-state index contributed by atoms with van der Waals surface area (Å²) in [6.07, 6.45) is 6.00. The first-order chi connectivity index (χ1) is 10.8. The number of aromatic nitrogens is 2. The number of carbonyl (C=O) groups is 1. The maximum atomic E-state index is 12.0. The minimum Gasteiger partial charge on any atom is -0.385 e. The van der Waals surface area contributed by atoms with E-state index in [-0.39, 0.29) is 5.91 Å². The normalized spacial score (nSPS) is 10.2. The molecule has 0 aliphatic rings. The number of carbonyl (C=O) groups excluding carboxylic acids is 1. The third-order valence-corrected chi connectivity index (χ3v) is 3.03. The molecule has 0 aromatic carbocycles. The van der Waals surface area contributed by atoms with Crippen molar-refractivity contribution in [1.82, 2.24) is 15.3 Å². The minimum atomic E-state index is -0.199. The molecule has 2 aromatic heterocycles. The summed E-state index contributed by atoms with van der Waals surface area (Å²) in [7, 11) is 1.68. The summed E-state index contributed by atoms with van der Waals surface area (Å²) in [4.78, 5) is 20.2. The Morgan fingerprint density at radius 2 is 2.18 bits per heavy atom. The topological polar surface area (TPSA) is 76.1 Å². The molecule has 6 heteroatoms. The first kappa shape index (κ1) is 15.9. The SMILES string of the molecule is COCCCNc1ccc(C(=O)NCc2cccnc2)nc1. The molecule has 2 rings (SSSR count). The number of methoxy groups -OCH3 is 1. The first-order valence-electron chi connectivity index (χ1n) is 7.15. The van der Waals surface area contributed by atoms with Crippen LogP contribution in [0.15, 0.2) is 42.9 Å². The number of ether oxygens (including phenoxy) is 1. The number of anilines is 1. The summed E-state index contributed by atoms with van der Waals surface area (Å²) in [6, 6.07) is 7.30. The van der Waals surface area contributed by atoms with Crippen LogP contribution in [0, 0.1) is 0 Å². The number of hydrogen-bond acceptors (Lipinski definition) is 5. The molecule has 1 amide bonds. The van der Waals surface area contributed by atoms with Crippen molar-refractivity contribution in [2.45, 2.75) is 13.0 Å². The molecule has 0 atom stereocenters. The highest BCUT2D eigenvalue weighted by molar-refractivity contribution is 5.92. The Balaban J connectivity index is 1.80. The van der Waals surface area contributed by atoms with Crippen molar-refractivity contribution in [2.24, 2.45) is 0 Å². The molecule has 0 spiro atoms. The molecule has 2 heterocycles. The maximum absolute atomic E-state index is 12.0. The van der Waals surface area contributed by atoms with E-state index >= 15 is 0 Å². The van der Waals surface area contributed by atoms with Crippen LogP contribution >= 0.6 is 0 Å². The molecular formula is C16H20N4O2. The summed E-state index contributed by atoms with van der Waals surface area (Å²) in [5, 5.41) is 6.04. The monoisotopic (exact) mass is 300 g/mol. The Morgan fingerprint density at radius 1 is 1.27 bits per heavy atom. The van der Waals surface area contributed by atoms with Gasteiger partial charge in [-0.05, 0) is 30.2 Å². The molecular weight excluding hydrogens is 280 g/mol. The molecule has 0 aliphatic heterocycles. The molecule has 6 nitrogen and oxygen atoms in total. The lowest BCUT2D eigenvalue weighted by Gasteiger charge is -2.07. The molecule has 0 aliphatic carbocycles. The zero-order chi connectivity index (χ0) is 15.6. The Hall–Kier alpha value is -2.47. The van der Waals surface area contributed by atoms with Gasteiger partial charge in [-0.25, -0.2) is 4.98 Å².